The Bertz CT molecular complexity index is 778. The van der Waals surface area contributed by atoms with Crippen LogP contribution in [0.2, 0.25) is 5.02 Å². The minimum absolute atomic E-state index is 0.148. The van der Waals surface area contributed by atoms with Crippen LogP contribution in [-0.4, -0.2) is 35.6 Å². The summed E-state index contributed by atoms with van der Waals surface area (Å²) in [7, 11) is 0. The van der Waals surface area contributed by atoms with Gasteiger partial charge in [0.05, 0.1) is 12.6 Å². The van der Waals surface area contributed by atoms with Gasteiger partial charge in [0, 0.05) is 35.5 Å². The minimum atomic E-state index is -0.512. The number of hydrogen-bond donors (Lipinski definition) is 2. The number of hydrogen-bond acceptors (Lipinski definition) is 6. The van der Waals surface area contributed by atoms with Crippen molar-refractivity contribution in [2.24, 2.45) is 5.73 Å². The molecule has 4 N–H and O–H groups in total. The number of halogens is 1. The van der Waals surface area contributed by atoms with Crippen molar-refractivity contribution in [1.29, 1.82) is 0 Å². The van der Waals surface area contributed by atoms with Crippen LogP contribution in [-0.2, 0) is 4.74 Å². The number of nitrogens with two attached hydrogens (primary N) is 2. The van der Waals surface area contributed by atoms with Crippen molar-refractivity contribution < 1.29 is 9.53 Å². The lowest BCUT2D eigenvalue weighted by Crippen LogP contribution is -2.32. The number of benzene rings is 1. The minimum Gasteiger partial charge on any atom is -0.379 e. The van der Waals surface area contributed by atoms with Crippen molar-refractivity contribution >= 4 is 29.3 Å². The third kappa shape index (κ3) is 3.83. The van der Waals surface area contributed by atoms with E-state index in [0.717, 1.165) is 30.0 Å². The third-order valence-corrected chi connectivity index (χ3v) is 4.46. The van der Waals surface area contributed by atoms with E-state index >= 15 is 0 Å². The standard InChI is InChI=1S/C17H20ClN5O2/c1-10-7-15(22-17(20)21-10)23-5-2-6-25-9-14(23)12-4-3-11(16(19)24)8-13(12)18/h3-4,7-8,14H,2,5-6,9H2,1H3,(H2,19,24)(H2,20,21,22)/t14-/m1/s1. The Labute approximate surface area is 150 Å². The SMILES string of the molecule is Cc1cc(N2CCCOC[C@@H]2c2ccc(C(N)=O)cc2Cl)nc(N)n1. The number of aryl methyl sites for hydroxylation is 1. The first-order chi connectivity index (χ1) is 12.0. The van der Waals surface area contributed by atoms with Crippen molar-refractivity contribution in [1.82, 2.24) is 9.97 Å². The monoisotopic (exact) mass is 361 g/mol. The van der Waals surface area contributed by atoms with Crippen molar-refractivity contribution in [3.63, 3.8) is 0 Å². The molecule has 132 valence electrons. The molecule has 1 aliphatic heterocycles. The highest BCUT2D eigenvalue weighted by atomic mass is 35.5. The van der Waals surface area contributed by atoms with Gasteiger partial charge in [0.2, 0.25) is 11.9 Å². The third-order valence-electron chi connectivity index (χ3n) is 4.14. The predicted molar refractivity (Wildman–Crippen MR) is 96.7 cm³/mol. The molecular formula is C17H20ClN5O2. The fourth-order valence-corrected chi connectivity index (χ4v) is 3.29. The molecule has 0 aliphatic carbocycles. The number of amides is 1. The summed E-state index contributed by atoms with van der Waals surface area (Å²) in [5, 5.41) is 0.468. The summed E-state index contributed by atoms with van der Waals surface area (Å²) in [6, 6.07) is 6.81. The fourth-order valence-electron chi connectivity index (χ4n) is 2.98. The highest BCUT2D eigenvalue weighted by Gasteiger charge is 2.27. The summed E-state index contributed by atoms with van der Waals surface area (Å²) >= 11 is 6.43. The molecule has 1 fully saturated rings. The lowest BCUT2D eigenvalue weighted by atomic mass is 10.0. The average Bonchev–Trinajstić information content (AvgIpc) is 2.79. The molecule has 8 heteroatoms. The van der Waals surface area contributed by atoms with Gasteiger partial charge in [-0.3, -0.25) is 4.79 Å². The first-order valence-corrected chi connectivity index (χ1v) is 8.38. The average molecular weight is 362 g/mol. The Morgan fingerprint density at radius 2 is 2.16 bits per heavy atom. The van der Waals surface area contributed by atoms with Gasteiger partial charge in [-0.05, 0) is 31.0 Å². The number of carbonyl (C=O) groups is 1. The van der Waals surface area contributed by atoms with Gasteiger partial charge in [-0.1, -0.05) is 17.7 Å². The topological polar surface area (TPSA) is 107 Å². The first kappa shape index (κ1) is 17.4. The van der Waals surface area contributed by atoms with Gasteiger partial charge in [-0.2, -0.15) is 4.98 Å². The first-order valence-electron chi connectivity index (χ1n) is 8.00. The maximum absolute atomic E-state index is 11.4. The predicted octanol–water partition coefficient (Wildman–Crippen LogP) is 2.09. The van der Waals surface area contributed by atoms with E-state index in [0.29, 0.717) is 23.8 Å². The summed E-state index contributed by atoms with van der Waals surface area (Å²) < 4.78 is 5.74. The zero-order valence-corrected chi connectivity index (χ0v) is 14.7. The van der Waals surface area contributed by atoms with Crippen molar-refractivity contribution in [3.05, 3.63) is 46.1 Å². The lowest BCUT2D eigenvalue weighted by molar-refractivity contribution is 0.100. The number of carbonyl (C=O) groups excluding carboxylic acids is 1. The van der Waals surface area contributed by atoms with Crippen molar-refractivity contribution in [2.45, 2.75) is 19.4 Å². The van der Waals surface area contributed by atoms with Crippen LogP contribution in [0, 0.1) is 6.92 Å². The molecule has 25 heavy (non-hydrogen) atoms. The fraction of sp³-hybridized carbons (Fsp3) is 0.353. The van der Waals surface area contributed by atoms with Gasteiger partial charge in [-0.25, -0.2) is 4.98 Å². The number of nitrogens with zero attached hydrogens (tertiary/aromatic N) is 3. The lowest BCUT2D eigenvalue weighted by Gasteiger charge is -2.31. The molecule has 0 bridgehead atoms. The van der Waals surface area contributed by atoms with E-state index < -0.39 is 5.91 Å². The molecule has 2 aromatic rings. The Hall–Kier alpha value is -2.38. The van der Waals surface area contributed by atoms with Crippen LogP contribution in [0.1, 0.15) is 34.1 Å². The Balaban J connectivity index is 2.02. The maximum Gasteiger partial charge on any atom is 0.248 e. The highest BCUT2D eigenvalue weighted by Crippen LogP contribution is 2.33. The summed E-state index contributed by atoms with van der Waals surface area (Å²) in [4.78, 5) is 22.0. The zero-order chi connectivity index (χ0) is 18.0. The molecule has 7 nitrogen and oxygen atoms in total. The molecule has 1 aliphatic rings. The van der Waals surface area contributed by atoms with E-state index in [4.69, 9.17) is 27.8 Å². The molecule has 0 spiro atoms. The summed E-state index contributed by atoms with van der Waals surface area (Å²) in [6.45, 7) is 3.73. The summed E-state index contributed by atoms with van der Waals surface area (Å²) in [5.41, 5.74) is 13.2. The van der Waals surface area contributed by atoms with E-state index in [-0.39, 0.29) is 12.0 Å². The molecule has 2 heterocycles. The molecule has 1 aromatic carbocycles. The number of nitrogen functional groups attached to an aromatic ring is 1. The molecule has 0 unspecified atom stereocenters. The summed E-state index contributed by atoms with van der Waals surface area (Å²) in [6.07, 6.45) is 0.858. The zero-order valence-electron chi connectivity index (χ0n) is 13.9. The van der Waals surface area contributed by atoms with Gasteiger partial charge in [0.1, 0.15) is 5.82 Å². The van der Waals surface area contributed by atoms with Gasteiger partial charge >= 0.3 is 0 Å². The number of rotatable bonds is 3. The second-order valence-corrected chi connectivity index (χ2v) is 6.37. The van der Waals surface area contributed by atoms with Crippen LogP contribution >= 0.6 is 11.6 Å². The largest absolute Gasteiger partial charge is 0.379 e. The van der Waals surface area contributed by atoms with Crippen LogP contribution < -0.4 is 16.4 Å². The molecule has 3 rings (SSSR count). The van der Waals surface area contributed by atoms with E-state index in [1.807, 2.05) is 19.1 Å². The Kier molecular flexibility index (Phi) is 5.06. The van der Waals surface area contributed by atoms with Gasteiger partial charge < -0.3 is 21.1 Å². The second kappa shape index (κ2) is 7.25. The van der Waals surface area contributed by atoms with Gasteiger partial charge in [0.25, 0.3) is 0 Å². The molecule has 0 radical (unpaired) electrons. The molecule has 1 aromatic heterocycles. The maximum atomic E-state index is 11.4. The van der Waals surface area contributed by atoms with Crippen LogP contribution in [0.4, 0.5) is 11.8 Å². The second-order valence-electron chi connectivity index (χ2n) is 5.96. The normalized spacial score (nSPS) is 18.0. The quantitative estimate of drug-likeness (QED) is 0.866. The number of aromatic nitrogens is 2. The van der Waals surface area contributed by atoms with Crippen LogP contribution in [0.5, 0.6) is 0 Å². The molecular weight excluding hydrogens is 342 g/mol. The molecule has 1 amide bonds. The molecule has 1 atom stereocenters. The smallest absolute Gasteiger partial charge is 0.248 e. The van der Waals surface area contributed by atoms with Crippen molar-refractivity contribution in [3.8, 4) is 0 Å². The van der Waals surface area contributed by atoms with Gasteiger partial charge in [0.15, 0.2) is 0 Å². The van der Waals surface area contributed by atoms with E-state index in [2.05, 4.69) is 14.9 Å². The van der Waals surface area contributed by atoms with Crippen molar-refractivity contribution in [2.75, 3.05) is 30.4 Å². The number of anilines is 2. The molecule has 1 saturated heterocycles. The molecule has 0 saturated carbocycles. The Morgan fingerprint density at radius 3 is 2.84 bits per heavy atom. The van der Waals surface area contributed by atoms with E-state index in [9.17, 15) is 4.79 Å². The van der Waals surface area contributed by atoms with Crippen LogP contribution in [0.25, 0.3) is 0 Å². The number of ether oxygens (including phenoxy) is 1. The van der Waals surface area contributed by atoms with Gasteiger partial charge in [-0.15, -0.1) is 0 Å². The van der Waals surface area contributed by atoms with Crippen LogP contribution in [0.15, 0.2) is 24.3 Å². The number of primary amides is 1. The highest BCUT2D eigenvalue weighted by molar-refractivity contribution is 6.31. The Morgan fingerprint density at radius 1 is 1.36 bits per heavy atom. The summed E-state index contributed by atoms with van der Waals surface area (Å²) in [5.74, 6) is 0.450. The van der Waals surface area contributed by atoms with E-state index in [1.165, 1.54) is 0 Å². The van der Waals surface area contributed by atoms with E-state index in [1.54, 1.807) is 12.1 Å². The van der Waals surface area contributed by atoms with Crippen LogP contribution in [0.3, 0.4) is 0 Å².